The van der Waals surface area contributed by atoms with Crippen molar-refractivity contribution < 1.29 is 0 Å². The lowest BCUT2D eigenvalue weighted by molar-refractivity contribution is 1.17. The number of benzene rings is 4. The Morgan fingerprint density at radius 2 is 0.966 bits per heavy atom. The van der Waals surface area contributed by atoms with E-state index in [0.717, 1.165) is 6.42 Å². The summed E-state index contributed by atoms with van der Waals surface area (Å²) in [7, 11) is 0. The Labute approximate surface area is 213 Å². The predicted molar refractivity (Wildman–Crippen MR) is 149 cm³/mol. The highest BCUT2D eigenvalue weighted by molar-refractivity contribution is 14.1. The molecule has 0 nitrogen and oxygen atoms in total. The Balaban J connectivity index is 1.67. The quantitative estimate of drug-likeness (QED) is 0.186. The number of hydrogen-bond acceptors (Lipinski definition) is 0. The largest absolute Gasteiger partial charge is 0.0622 e. The molecule has 0 saturated carbocycles. The molecule has 0 aromatic heterocycles. The molecule has 29 heavy (non-hydrogen) atoms. The molecule has 0 fully saturated rings. The first-order chi connectivity index (χ1) is 14.0. The molecule has 0 aliphatic heterocycles. The van der Waals surface area contributed by atoms with Crippen LogP contribution in [-0.2, 0) is 6.42 Å². The zero-order valence-corrected chi connectivity index (χ0v) is 22.4. The van der Waals surface area contributed by atoms with Crippen LogP contribution < -0.4 is 0 Å². The van der Waals surface area contributed by atoms with Gasteiger partial charge in [0.2, 0.25) is 0 Å². The second-order valence-electron chi connectivity index (χ2n) is 7.11. The van der Waals surface area contributed by atoms with Crippen molar-refractivity contribution in [3.8, 4) is 22.3 Å². The Morgan fingerprint density at radius 1 is 0.552 bits per heavy atom. The summed E-state index contributed by atoms with van der Waals surface area (Å²) in [5, 5.41) is 0. The van der Waals surface area contributed by atoms with E-state index in [4.69, 9.17) is 0 Å². The van der Waals surface area contributed by atoms with Crippen molar-refractivity contribution in [3.05, 3.63) is 112 Å². The fraction of sp³-hybridized carbons (Fsp3) is 0.0769. The third-order valence-corrected chi connectivity index (χ3v) is 7.53. The zero-order valence-electron chi connectivity index (χ0n) is 15.9. The first-order valence-electron chi connectivity index (χ1n) is 9.40. The Kier molecular flexibility index (Phi) is 6.96. The van der Waals surface area contributed by atoms with Crippen LogP contribution in [0.4, 0.5) is 0 Å². The fourth-order valence-corrected chi connectivity index (χ4v) is 7.39. The molecule has 4 rings (SSSR count). The smallest absolute Gasteiger partial charge is 0.0222 e. The second kappa shape index (κ2) is 9.47. The van der Waals surface area contributed by atoms with Crippen LogP contribution in [0.15, 0.2) is 84.9 Å². The van der Waals surface area contributed by atoms with Crippen molar-refractivity contribution in [3.63, 3.8) is 0 Å². The minimum Gasteiger partial charge on any atom is -0.0622 e. The van der Waals surface area contributed by atoms with Crippen LogP contribution in [0.5, 0.6) is 0 Å². The highest BCUT2D eigenvalue weighted by atomic mass is 127. The maximum absolute atomic E-state index is 2.48. The standard InChI is InChI=1S/C26H19I3/c1-17-12-18(14-22(27)25(17)20-8-4-2-5-9-20)13-19-15-23(28)26(24(29)16-19)21-10-6-3-7-11-21/h2-12,14-16H,13H2,1H3. The SMILES string of the molecule is Cc1cc(Cc2cc(I)c(-c3ccccc3)c(I)c2)cc(I)c1-c1ccccc1. The molecule has 4 aromatic carbocycles. The van der Waals surface area contributed by atoms with Gasteiger partial charge in [-0.15, -0.1) is 0 Å². The molecular formula is C26H19I3. The average Bonchev–Trinajstić information content (AvgIpc) is 2.68. The predicted octanol–water partition coefficient (Wildman–Crippen LogP) is 8.73. The van der Waals surface area contributed by atoms with E-state index in [-0.39, 0.29) is 0 Å². The fourth-order valence-electron chi connectivity index (χ4n) is 3.73. The summed E-state index contributed by atoms with van der Waals surface area (Å²) < 4.78 is 3.93. The van der Waals surface area contributed by atoms with Crippen LogP contribution in [0, 0.1) is 17.6 Å². The van der Waals surface area contributed by atoms with E-state index in [0.29, 0.717) is 0 Å². The van der Waals surface area contributed by atoms with E-state index in [9.17, 15) is 0 Å². The van der Waals surface area contributed by atoms with Crippen molar-refractivity contribution in [1.82, 2.24) is 0 Å². The van der Waals surface area contributed by atoms with Crippen LogP contribution in [0.25, 0.3) is 22.3 Å². The van der Waals surface area contributed by atoms with E-state index in [1.165, 1.54) is 49.7 Å². The van der Waals surface area contributed by atoms with Gasteiger partial charge in [0.1, 0.15) is 0 Å². The van der Waals surface area contributed by atoms with Gasteiger partial charge in [-0.05, 0) is 133 Å². The van der Waals surface area contributed by atoms with Gasteiger partial charge in [0.15, 0.2) is 0 Å². The number of halogens is 3. The number of rotatable bonds is 4. The molecule has 0 spiro atoms. The van der Waals surface area contributed by atoms with Gasteiger partial charge in [-0.1, -0.05) is 66.7 Å². The van der Waals surface area contributed by atoms with Crippen LogP contribution in [0.3, 0.4) is 0 Å². The first-order valence-corrected chi connectivity index (χ1v) is 12.6. The van der Waals surface area contributed by atoms with E-state index >= 15 is 0 Å². The third kappa shape index (κ3) is 4.88. The molecule has 0 radical (unpaired) electrons. The van der Waals surface area contributed by atoms with Gasteiger partial charge in [-0.3, -0.25) is 0 Å². The van der Waals surface area contributed by atoms with E-state index in [1.807, 2.05) is 0 Å². The molecule has 3 heteroatoms. The van der Waals surface area contributed by atoms with Crippen LogP contribution in [0.2, 0.25) is 0 Å². The van der Waals surface area contributed by atoms with Crippen LogP contribution in [-0.4, -0.2) is 0 Å². The molecule has 0 N–H and O–H groups in total. The second-order valence-corrected chi connectivity index (χ2v) is 10.6. The highest BCUT2D eigenvalue weighted by Crippen LogP contribution is 2.34. The number of aryl methyl sites for hydroxylation is 1. The molecule has 0 aliphatic carbocycles. The monoisotopic (exact) mass is 712 g/mol. The maximum atomic E-state index is 2.48. The maximum Gasteiger partial charge on any atom is 0.0222 e. The lowest BCUT2D eigenvalue weighted by Gasteiger charge is -2.14. The summed E-state index contributed by atoms with van der Waals surface area (Å²) in [5.74, 6) is 0. The van der Waals surface area contributed by atoms with E-state index in [1.54, 1.807) is 0 Å². The summed E-state index contributed by atoms with van der Waals surface area (Å²) in [6.07, 6.45) is 0.951. The number of hydrogen-bond donors (Lipinski definition) is 0. The zero-order chi connectivity index (χ0) is 20.4. The minimum atomic E-state index is 0.951. The lowest BCUT2D eigenvalue weighted by atomic mass is 9.95. The molecule has 144 valence electrons. The van der Waals surface area contributed by atoms with Gasteiger partial charge >= 0.3 is 0 Å². The molecule has 4 aromatic rings. The summed E-state index contributed by atoms with van der Waals surface area (Å²) in [5.41, 5.74) is 9.32. The lowest BCUT2D eigenvalue weighted by Crippen LogP contribution is -1.97. The third-order valence-electron chi connectivity index (χ3n) is 4.98. The molecular weight excluding hydrogens is 693 g/mol. The highest BCUT2D eigenvalue weighted by Gasteiger charge is 2.12. The molecule has 0 saturated heterocycles. The first kappa shape index (κ1) is 21.3. The van der Waals surface area contributed by atoms with Crippen LogP contribution >= 0.6 is 67.8 Å². The van der Waals surface area contributed by atoms with E-state index < -0.39 is 0 Å². The Bertz CT molecular complexity index is 1010. The van der Waals surface area contributed by atoms with Crippen molar-refractivity contribution >= 4 is 67.8 Å². The van der Waals surface area contributed by atoms with Crippen LogP contribution in [0.1, 0.15) is 16.7 Å². The summed E-state index contributed by atoms with van der Waals surface area (Å²) in [4.78, 5) is 0. The Morgan fingerprint density at radius 3 is 1.45 bits per heavy atom. The van der Waals surface area contributed by atoms with Gasteiger partial charge in [0, 0.05) is 16.3 Å². The van der Waals surface area contributed by atoms with Gasteiger partial charge in [-0.25, -0.2) is 0 Å². The topological polar surface area (TPSA) is 0 Å². The van der Waals surface area contributed by atoms with Crippen molar-refractivity contribution in [2.45, 2.75) is 13.3 Å². The Hall–Kier alpha value is -0.930. The van der Waals surface area contributed by atoms with Gasteiger partial charge in [0.05, 0.1) is 0 Å². The average molecular weight is 712 g/mol. The van der Waals surface area contributed by atoms with E-state index in [2.05, 4.69) is 160 Å². The summed E-state index contributed by atoms with van der Waals surface area (Å²) in [6.45, 7) is 2.22. The summed E-state index contributed by atoms with van der Waals surface area (Å²) >= 11 is 7.44. The van der Waals surface area contributed by atoms with Gasteiger partial charge in [0.25, 0.3) is 0 Å². The van der Waals surface area contributed by atoms with Crippen molar-refractivity contribution in [1.29, 1.82) is 0 Å². The molecule has 0 bridgehead atoms. The van der Waals surface area contributed by atoms with Gasteiger partial charge in [-0.2, -0.15) is 0 Å². The minimum absolute atomic E-state index is 0.951. The summed E-state index contributed by atoms with van der Waals surface area (Å²) in [6, 6.07) is 30.7. The molecule has 0 atom stereocenters. The molecule has 0 aliphatic rings. The van der Waals surface area contributed by atoms with Gasteiger partial charge < -0.3 is 0 Å². The molecule has 0 heterocycles. The van der Waals surface area contributed by atoms with Crippen molar-refractivity contribution in [2.24, 2.45) is 0 Å². The molecule has 0 unspecified atom stereocenters. The normalized spacial score (nSPS) is 10.9. The van der Waals surface area contributed by atoms with Crippen molar-refractivity contribution in [2.75, 3.05) is 0 Å². The molecule has 0 amide bonds.